The third-order valence-corrected chi connectivity index (χ3v) is 7.56. The summed E-state index contributed by atoms with van der Waals surface area (Å²) in [6.45, 7) is 21.4. The second-order valence-corrected chi connectivity index (χ2v) is 11.4. The Labute approximate surface area is 150 Å². The lowest BCUT2D eigenvalue weighted by molar-refractivity contribution is -0.136. The van der Waals surface area contributed by atoms with Crippen molar-refractivity contribution in [2.24, 2.45) is 33.5 Å². The zero-order valence-electron chi connectivity index (χ0n) is 17.8. The second-order valence-electron chi connectivity index (χ2n) is 11.4. The largest absolute Gasteiger partial charge is 0.305 e. The molecule has 0 amide bonds. The summed E-state index contributed by atoms with van der Waals surface area (Å²) in [5.41, 5.74) is 0.687. The standard InChI is InChI=1S/C22H41NO/c1-10-22(8)13-16(24)12-19(2,3)17-11-18(22)21(6,7)15-23(9)14-20(17,4)5/h17-18H,10-15H2,1-9H3. The zero-order chi connectivity index (χ0) is 18.6. The van der Waals surface area contributed by atoms with Crippen LogP contribution in [-0.2, 0) is 4.79 Å². The number of hydrogen-bond acceptors (Lipinski definition) is 2. The maximum atomic E-state index is 12.9. The number of fused-ring (bicyclic) bond motifs is 2. The normalized spacial score (nSPS) is 39.5. The number of likely N-dealkylation sites (tertiary alicyclic amines) is 1. The van der Waals surface area contributed by atoms with Crippen LogP contribution in [0.5, 0.6) is 0 Å². The average molecular weight is 336 g/mol. The summed E-state index contributed by atoms with van der Waals surface area (Å²) in [6, 6.07) is 0. The Morgan fingerprint density at radius 2 is 1.38 bits per heavy atom. The van der Waals surface area contributed by atoms with Crippen LogP contribution in [0.4, 0.5) is 0 Å². The molecule has 3 atom stereocenters. The molecule has 0 aromatic carbocycles. The fourth-order valence-corrected chi connectivity index (χ4v) is 6.78. The predicted molar refractivity (Wildman–Crippen MR) is 103 cm³/mol. The first kappa shape index (κ1) is 19.9. The highest BCUT2D eigenvalue weighted by Gasteiger charge is 2.53. The Hall–Kier alpha value is -0.370. The van der Waals surface area contributed by atoms with E-state index in [0.717, 1.165) is 32.4 Å². The molecular weight excluding hydrogens is 294 g/mol. The van der Waals surface area contributed by atoms with Gasteiger partial charge in [-0.2, -0.15) is 0 Å². The lowest BCUT2D eigenvalue weighted by Crippen LogP contribution is -2.55. The minimum Gasteiger partial charge on any atom is -0.305 e. The Bertz CT molecular complexity index is 490. The quantitative estimate of drug-likeness (QED) is 0.638. The van der Waals surface area contributed by atoms with Crippen molar-refractivity contribution in [3.8, 4) is 0 Å². The van der Waals surface area contributed by atoms with Gasteiger partial charge in [0.1, 0.15) is 5.78 Å². The zero-order valence-corrected chi connectivity index (χ0v) is 17.8. The predicted octanol–water partition coefficient (Wildman–Crippen LogP) is 5.41. The number of nitrogens with zero attached hydrogens (tertiary/aromatic N) is 1. The molecule has 3 unspecified atom stereocenters. The first-order valence-corrected chi connectivity index (χ1v) is 9.94. The summed E-state index contributed by atoms with van der Waals surface area (Å²) in [7, 11) is 2.29. The molecule has 2 nitrogen and oxygen atoms in total. The van der Waals surface area contributed by atoms with Crippen LogP contribution in [0.25, 0.3) is 0 Å². The van der Waals surface area contributed by atoms with Crippen LogP contribution >= 0.6 is 0 Å². The van der Waals surface area contributed by atoms with E-state index in [0.29, 0.717) is 17.6 Å². The van der Waals surface area contributed by atoms with Crippen molar-refractivity contribution in [3.63, 3.8) is 0 Å². The van der Waals surface area contributed by atoms with Crippen LogP contribution in [0.1, 0.15) is 81.1 Å². The molecule has 24 heavy (non-hydrogen) atoms. The minimum atomic E-state index is 0.0855. The van der Waals surface area contributed by atoms with E-state index >= 15 is 0 Å². The second kappa shape index (κ2) is 6.11. The van der Waals surface area contributed by atoms with Gasteiger partial charge in [0.2, 0.25) is 0 Å². The van der Waals surface area contributed by atoms with Gasteiger partial charge < -0.3 is 4.90 Å². The molecule has 1 aliphatic carbocycles. The Balaban J connectivity index is 2.61. The van der Waals surface area contributed by atoms with E-state index in [1.54, 1.807) is 0 Å². The molecule has 0 aromatic heterocycles. The smallest absolute Gasteiger partial charge is 0.134 e. The van der Waals surface area contributed by atoms with E-state index in [1.807, 2.05) is 0 Å². The number of rotatable bonds is 1. The van der Waals surface area contributed by atoms with Crippen molar-refractivity contribution in [1.29, 1.82) is 0 Å². The van der Waals surface area contributed by atoms with Crippen LogP contribution in [0, 0.1) is 33.5 Å². The van der Waals surface area contributed by atoms with Gasteiger partial charge in [0.05, 0.1) is 0 Å². The molecule has 1 heterocycles. The number of carbonyl (C=O) groups excluding carboxylic acids is 1. The Morgan fingerprint density at radius 1 is 0.875 bits per heavy atom. The van der Waals surface area contributed by atoms with Crippen LogP contribution in [-0.4, -0.2) is 30.8 Å². The first-order valence-electron chi connectivity index (χ1n) is 9.94. The van der Waals surface area contributed by atoms with Crippen molar-refractivity contribution in [3.05, 3.63) is 0 Å². The van der Waals surface area contributed by atoms with Crippen LogP contribution < -0.4 is 0 Å². The molecule has 2 rings (SSSR count). The van der Waals surface area contributed by atoms with Gasteiger partial charge in [-0.3, -0.25) is 4.79 Å². The van der Waals surface area contributed by atoms with Gasteiger partial charge in [-0.15, -0.1) is 0 Å². The van der Waals surface area contributed by atoms with E-state index in [2.05, 4.69) is 67.3 Å². The van der Waals surface area contributed by atoms with Crippen LogP contribution in [0.2, 0.25) is 0 Å². The number of Topliss-reactive ketones (excluding diaryl/α,β-unsaturated/α-hetero) is 1. The molecule has 0 aromatic rings. The van der Waals surface area contributed by atoms with Crippen LogP contribution in [0.15, 0.2) is 0 Å². The van der Waals surface area contributed by atoms with Gasteiger partial charge in [0.25, 0.3) is 0 Å². The minimum absolute atomic E-state index is 0.0855. The van der Waals surface area contributed by atoms with Crippen molar-refractivity contribution in [2.75, 3.05) is 20.1 Å². The maximum Gasteiger partial charge on any atom is 0.134 e. The summed E-state index contributed by atoms with van der Waals surface area (Å²) in [4.78, 5) is 15.5. The van der Waals surface area contributed by atoms with Crippen molar-refractivity contribution in [1.82, 2.24) is 4.90 Å². The van der Waals surface area contributed by atoms with Gasteiger partial charge in [-0.05, 0) is 47.0 Å². The third kappa shape index (κ3) is 3.59. The van der Waals surface area contributed by atoms with Crippen molar-refractivity contribution >= 4 is 5.78 Å². The SMILES string of the molecule is CCC1(C)CC(=O)CC(C)(C)C2CC1C(C)(C)CN(C)CC2(C)C. The van der Waals surface area contributed by atoms with Crippen molar-refractivity contribution < 1.29 is 4.79 Å². The first-order chi connectivity index (χ1) is 10.7. The number of carbonyl (C=O) groups is 1. The molecule has 1 saturated heterocycles. The fraction of sp³-hybridized carbons (Fsp3) is 0.955. The van der Waals surface area contributed by atoms with Crippen molar-refractivity contribution in [2.45, 2.75) is 81.1 Å². The molecule has 140 valence electrons. The summed E-state index contributed by atoms with van der Waals surface area (Å²) in [5, 5.41) is 0. The third-order valence-electron chi connectivity index (χ3n) is 7.56. The van der Waals surface area contributed by atoms with E-state index in [4.69, 9.17) is 0 Å². The number of hydrogen-bond donors (Lipinski definition) is 0. The summed E-state index contributed by atoms with van der Waals surface area (Å²) >= 11 is 0. The highest BCUT2D eigenvalue weighted by molar-refractivity contribution is 5.80. The number of ketones is 1. The summed E-state index contributed by atoms with van der Waals surface area (Å²) in [6.07, 6.45) is 3.87. The Kier molecular flexibility index (Phi) is 5.08. The van der Waals surface area contributed by atoms with Gasteiger partial charge in [0, 0.05) is 25.9 Å². The molecule has 0 radical (unpaired) electrons. The molecule has 0 N–H and O–H groups in total. The average Bonchev–Trinajstić information content (AvgIpc) is 2.32. The van der Waals surface area contributed by atoms with Gasteiger partial charge in [-0.25, -0.2) is 0 Å². The van der Waals surface area contributed by atoms with Gasteiger partial charge in [0.15, 0.2) is 0 Å². The van der Waals surface area contributed by atoms with E-state index in [-0.39, 0.29) is 21.7 Å². The topological polar surface area (TPSA) is 20.3 Å². The lowest BCUT2D eigenvalue weighted by Gasteiger charge is -2.58. The van der Waals surface area contributed by atoms with Gasteiger partial charge in [-0.1, -0.05) is 61.8 Å². The van der Waals surface area contributed by atoms with Gasteiger partial charge >= 0.3 is 0 Å². The van der Waals surface area contributed by atoms with E-state index in [9.17, 15) is 4.79 Å². The molecule has 0 spiro atoms. The molecule has 2 heteroatoms. The Morgan fingerprint density at radius 3 is 1.88 bits per heavy atom. The van der Waals surface area contributed by atoms with Crippen LogP contribution in [0.3, 0.4) is 0 Å². The highest BCUT2D eigenvalue weighted by Crippen LogP contribution is 2.58. The van der Waals surface area contributed by atoms with E-state index < -0.39 is 0 Å². The van der Waals surface area contributed by atoms with E-state index in [1.165, 1.54) is 6.42 Å². The highest BCUT2D eigenvalue weighted by atomic mass is 16.1. The molecule has 1 aliphatic heterocycles. The molecule has 2 fully saturated rings. The summed E-state index contributed by atoms with van der Waals surface area (Å²) in [5.74, 6) is 1.65. The maximum absolute atomic E-state index is 12.9. The molecule has 2 bridgehead atoms. The molecule has 1 saturated carbocycles. The molecular formula is C22H41NO. The molecule has 2 aliphatic rings. The lowest BCUT2D eigenvalue weighted by atomic mass is 9.49. The monoisotopic (exact) mass is 335 g/mol. The fourth-order valence-electron chi connectivity index (χ4n) is 6.78. The summed E-state index contributed by atoms with van der Waals surface area (Å²) < 4.78 is 0.